The largest absolute Gasteiger partial charge is 0.310 e. The molecule has 1 aromatic heterocycles. The highest BCUT2D eigenvalue weighted by Gasteiger charge is 2.18. The van der Waals surface area contributed by atoms with Gasteiger partial charge in [-0.1, -0.05) is 25.7 Å². The van der Waals surface area contributed by atoms with E-state index in [-0.39, 0.29) is 0 Å². The van der Waals surface area contributed by atoms with Gasteiger partial charge in [-0.2, -0.15) is 0 Å². The van der Waals surface area contributed by atoms with Gasteiger partial charge in [0, 0.05) is 22.3 Å². The lowest BCUT2D eigenvalue weighted by Crippen LogP contribution is -2.33. The summed E-state index contributed by atoms with van der Waals surface area (Å²) in [5.74, 6) is 0.896. The third-order valence-corrected chi connectivity index (χ3v) is 5.37. The Morgan fingerprint density at radius 2 is 1.89 bits per heavy atom. The van der Waals surface area contributed by atoms with Crippen LogP contribution in [0.25, 0.3) is 0 Å². The lowest BCUT2D eigenvalue weighted by molar-refractivity contribution is 0.336. The summed E-state index contributed by atoms with van der Waals surface area (Å²) >= 11 is 1.92. The Morgan fingerprint density at radius 1 is 1.22 bits per heavy atom. The molecule has 1 nitrogen and oxygen atoms in total. The zero-order valence-corrected chi connectivity index (χ0v) is 12.9. The van der Waals surface area contributed by atoms with Gasteiger partial charge in [0.1, 0.15) is 0 Å². The van der Waals surface area contributed by atoms with Crippen LogP contribution in [0.4, 0.5) is 0 Å². The second-order valence-corrected chi connectivity index (χ2v) is 7.32. The summed E-state index contributed by atoms with van der Waals surface area (Å²) in [5.41, 5.74) is 1.50. The molecule has 1 fully saturated rings. The second kappa shape index (κ2) is 6.72. The van der Waals surface area contributed by atoms with Gasteiger partial charge in [-0.05, 0) is 51.2 Å². The number of aryl methyl sites for hydroxylation is 2. The van der Waals surface area contributed by atoms with Gasteiger partial charge in [-0.3, -0.25) is 0 Å². The molecule has 1 atom stereocenters. The number of thiophene rings is 1. The van der Waals surface area contributed by atoms with E-state index in [9.17, 15) is 0 Å². The Labute approximate surface area is 116 Å². The predicted molar refractivity (Wildman–Crippen MR) is 81.3 cm³/mol. The highest BCUT2D eigenvalue weighted by molar-refractivity contribution is 7.12. The van der Waals surface area contributed by atoms with Crippen molar-refractivity contribution in [2.75, 3.05) is 0 Å². The molecule has 0 spiro atoms. The molecular weight excluding hydrogens is 238 g/mol. The van der Waals surface area contributed by atoms with Gasteiger partial charge in [-0.15, -0.1) is 11.3 Å². The van der Waals surface area contributed by atoms with Crippen LogP contribution in [0.1, 0.15) is 60.8 Å². The molecule has 1 N–H and O–H groups in total. The molecule has 1 aliphatic rings. The van der Waals surface area contributed by atoms with Crippen molar-refractivity contribution in [3.63, 3.8) is 0 Å². The van der Waals surface area contributed by atoms with Crippen LogP contribution in [0.2, 0.25) is 0 Å². The van der Waals surface area contributed by atoms with E-state index < -0.39 is 0 Å². The first-order valence-electron chi connectivity index (χ1n) is 7.46. The predicted octanol–water partition coefficient (Wildman–Crippen LogP) is 4.81. The molecule has 1 heterocycles. The Balaban J connectivity index is 1.83. The average molecular weight is 265 g/mol. The molecule has 18 heavy (non-hydrogen) atoms. The molecule has 2 rings (SSSR count). The van der Waals surface area contributed by atoms with Crippen LogP contribution < -0.4 is 5.32 Å². The van der Waals surface area contributed by atoms with Crippen molar-refractivity contribution in [3.8, 4) is 0 Å². The van der Waals surface area contributed by atoms with E-state index in [1.807, 2.05) is 11.3 Å². The summed E-state index contributed by atoms with van der Waals surface area (Å²) in [5, 5.41) is 3.76. The van der Waals surface area contributed by atoms with Gasteiger partial charge in [0.2, 0.25) is 0 Å². The quantitative estimate of drug-likeness (QED) is 0.770. The van der Waals surface area contributed by atoms with Crippen LogP contribution >= 0.6 is 11.3 Å². The zero-order valence-electron chi connectivity index (χ0n) is 12.1. The van der Waals surface area contributed by atoms with E-state index in [0.29, 0.717) is 6.04 Å². The maximum absolute atomic E-state index is 3.76. The van der Waals surface area contributed by atoms with Gasteiger partial charge in [-0.25, -0.2) is 0 Å². The Morgan fingerprint density at radius 3 is 2.44 bits per heavy atom. The van der Waals surface area contributed by atoms with Crippen LogP contribution in [-0.2, 0) is 6.54 Å². The maximum atomic E-state index is 3.76. The molecule has 1 aliphatic carbocycles. The number of rotatable bonds is 4. The van der Waals surface area contributed by atoms with Crippen molar-refractivity contribution in [2.45, 2.75) is 71.9 Å². The topological polar surface area (TPSA) is 12.0 Å². The van der Waals surface area contributed by atoms with Crippen LogP contribution in [0.3, 0.4) is 0 Å². The van der Waals surface area contributed by atoms with Crippen LogP contribution in [0.15, 0.2) is 6.07 Å². The molecular formula is C16H27NS. The molecule has 102 valence electrons. The first-order valence-corrected chi connectivity index (χ1v) is 8.28. The van der Waals surface area contributed by atoms with Crippen molar-refractivity contribution in [2.24, 2.45) is 5.92 Å². The Kier molecular flexibility index (Phi) is 5.25. The van der Waals surface area contributed by atoms with E-state index >= 15 is 0 Å². The lowest BCUT2D eigenvalue weighted by Gasteiger charge is -2.23. The van der Waals surface area contributed by atoms with Crippen molar-refractivity contribution < 1.29 is 0 Å². The summed E-state index contributed by atoms with van der Waals surface area (Å²) in [6.45, 7) is 7.87. The number of hydrogen-bond acceptors (Lipinski definition) is 2. The molecule has 2 heteroatoms. The molecule has 0 bridgehead atoms. The molecule has 1 saturated carbocycles. The molecule has 0 radical (unpaired) electrons. The van der Waals surface area contributed by atoms with Crippen LogP contribution in [-0.4, -0.2) is 6.04 Å². The van der Waals surface area contributed by atoms with Gasteiger partial charge in [0.15, 0.2) is 0 Å². The summed E-state index contributed by atoms with van der Waals surface area (Å²) in [6, 6.07) is 3.01. The zero-order chi connectivity index (χ0) is 13.0. The average Bonchev–Trinajstić information content (AvgIpc) is 2.59. The fourth-order valence-corrected chi connectivity index (χ4v) is 4.05. The third kappa shape index (κ3) is 3.83. The minimum atomic E-state index is 0.669. The second-order valence-electron chi connectivity index (χ2n) is 5.86. The van der Waals surface area contributed by atoms with Crippen molar-refractivity contribution in [1.82, 2.24) is 5.32 Å². The highest BCUT2D eigenvalue weighted by Crippen LogP contribution is 2.26. The van der Waals surface area contributed by atoms with Crippen molar-refractivity contribution in [1.29, 1.82) is 0 Å². The molecule has 0 saturated heterocycles. The van der Waals surface area contributed by atoms with Gasteiger partial charge in [0.05, 0.1) is 0 Å². The van der Waals surface area contributed by atoms with Gasteiger partial charge < -0.3 is 5.32 Å². The van der Waals surface area contributed by atoms with E-state index in [1.54, 1.807) is 0 Å². The first-order chi connectivity index (χ1) is 8.66. The highest BCUT2D eigenvalue weighted by atomic mass is 32.1. The fourth-order valence-electron chi connectivity index (χ4n) is 3.11. The molecule has 0 unspecified atom stereocenters. The smallest absolute Gasteiger partial charge is 0.0219 e. The molecule has 0 aromatic carbocycles. The molecule has 0 amide bonds. The standard InChI is InChI=1S/C16H27NS/c1-12-10-16(14(3)18-12)11-17-13(2)15-8-6-4-5-7-9-15/h10,13,15,17H,4-9,11H2,1-3H3/t13-/m0/s1. The summed E-state index contributed by atoms with van der Waals surface area (Å²) in [4.78, 5) is 2.92. The Hall–Kier alpha value is -0.340. The van der Waals surface area contributed by atoms with Crippen molar-refractivity contribution in [3.05, 3.63) is 21.4 Å². The van der Waals surface area contributed by atoms with Gasteiger partial charge in [0.25, 0.3) is 0 Å². The fraction of sp³-hybridized carbons (Fsp3) is 0.750. The van der Waals surface area contributed by atoms with Crippen LogP contribution in [0, 0.1) is 19.8 Å². The lowest BCUT2D eigenvalue weighted by atomic mass is 9.93. The number of hydrogen-bond donors (Lipinski definition) is 1. The molecule has 1 aromatic rings. The minimum absolute atomic E-state index is 0.669. The molecule has 0 aliphatic heterocycles. The monoisotopic (exact) mass is 265 g/mol. The van der Waals surface area contributed by atoms with E-state index in [4.69, 9.17) is 0 Å². The van der Waals surface area contributed by atoms with E-state index in [0.717, 1.165) is 12.5 Å². The summed E-state index contributed by atoms with van der Waals surface area (Å²) in [7, 11) is 0. The van der Waals surface area contributed by atoms with Crippen LogP contribution in [0.5, 0.6) is 0 Å². The maximum Gasteiger partial charge on any atom is 0.0219 e. The third-order valence-electron chi connectivity index (χ3n) is 4.37. The summed E-state index contributed by atoms with van der Waals surface area (Å²) < 4.78 is 0. The van der Waals surface area contributed by atoms with E-state index in [1.165, 1.54) is 53.8 Å². The first kappa shape index (κ1) is 14.1. The minimum Gasteiger partial charge on any atom is -0.310 e. The number of nitrogens with one attached hydrogen (secondary N) is 1. The van der Waals surface area contributed by atoms with Crippen molar-refractivity contribution >= 4 is 11.3 Å². The van der Waals surface area contributed by atoms with Gasteiger partial charge >= 0.3 is 0 Å². The normalized spacial score (nSPS) is 19.7. The van der Waals surface area contributed by atoms with E-state index in [2.05, 4.69) is 32.2 Å². The summed E-state index contributed by atoms with van der Waals surface area (Å²) in [6.07, 6.45) is 8.63. The SMILES string of the molecule is Cc1cc(CN[C@@H](C)C2CCCCCC2)c(C)s1. The Bertz CT molecular complexity index is 361.